The van der Waals surface area contributed by atoms with Gasteiger partial charge >= 0.3 is 0 Å². The van der Waals surface area contributed by atoms with Gasteiger partial charge in [0.15, 0.2) is 0 Å². The molecule has 0 N–H and O–H groups in total. The molecule has 1 unspecified atom stereocenters. The number of carbonyl (C=O) groups is 2. The molecule has 0 saturated heterocycles. The second-order valence-corrected chi connectivity index (χ2v) is 5.62. The fourth-order valence-electron chi connectivity index (χ4n) is 2.69. The van der Waals surface area contributed by atoms with Gasteiger partial charge in [-0.3, -0.25) is 14.5 Å². The number of imide groups is 1. The van der Waals surface area contributed by atoms with Gasteiger partial charge in [0.25, 0.3) is 11.8 Å². The van der Waals surface area contributed by atoms with Gasteiger partial charge in [-0.2, -0.15) is 0 Å². The van der Waals surface area contributed by atoms with Gasteiger partial charge in [-0.1, -0.05) is 42.5 Å². The molecule has 1 aliphatic rings. The molecule has 0 aromatic heterocycles. The normalized spacial score (nSPS) is 14.8. The molecule has 0 radical (unpaired) electrons. The fourth-order valence-corrected chi connectivity index (χ4v) is 2.69. The first-order chi connectivity index (χ1) is 11.7. The van der Waals surface area contributed by atoms with E-state index in [0.29, 0.717) is 24.3 Å². The molecular formula is C19H19NO4. The highest BCUT2D eigenvalue weighted by molar-refractivity contribution is 6.21. The minimum atomic E-state index is -0.365. The first-order valence-electron chi connectivity index (χ1n) is 7.80. The Labute approximate surface area is 140 Å². The smallest absolute Gasteiger partial charge is 0.261 e. The van der Waals surface area contributed by atoms with Crippen LogP contribution in [0.25, 0.3) is 0 Å². The van der Waals surface area contributed by atoms with E-state index < -0.39 is 0 Å². The topological polar surface area (TPSA) is 55.8 Å². The first kappa shape index (κ1) is 16.4. The highest BCUT2D eigenvalue weighted by Gasteiger charge is 2.36. The van der Waals surface area contributed by atoms with E-state index in [1.165, 1.54) is 4.90 Å². The molecule has 24 heavy (non-hydrogen) atoms. The van der Waals surface area contributed by atoms with E-state index in [1.54, 1.807) is 31.4 Å². The summed E-state index contributed by atoms with van der Waals surface area (Å²) < 4.78 is 11.0. The number of hydrogen-bond donors (Lipinski definition) is 0. The molecule has 2 aromatic rings. The van der Waals surface area contributed by atoms with Crippen molar-refractivity contribution in [1.82, 2.24) is 4.90 Å². The number of fused-ring (bicyclic) bond motifs is 1. The summed E-state index contributed by atoms with van der Waals surface area (Å²) in [4.78, 5) is 26.0. The zero-order chi connectivity index (χ0) is 16.9. The summed E-state index contributed by atoms with van der Waals surface area (Å²) >= 11 is 0. The summed E-state index contributed by atoms with van der Waals surface area (Å²) in [5.41, 5.74) is 1.96. The summed E-state index contributed by atoms with van der Waals surface area (Å²) in [7, 11) is 1.55. The van der Waals surface area contributed by atoms with Crippen molar-refractivity contribution < 1.29 is 19.1 Å². The minimum absolute atomic E-state index is 0.178. The third-order valence-corrected chi connectivity index (χ3v) is 4.01. The molecule has 124 valence electrons. The monoisotopic (exact) mass is 325 g/mol. The van der Waals surface area contributed by atoms with Crippen LogP contribution in [0.3, 0.4) is 0 Å². The lowest BCUT2D eigenvalue weighted by Crippen LogP contribution is -2.39. The lowest BCUT2D eigenvalue weighted by atomic mass is 10.1. The van der Waals surface area contributed by atoms with E-state index in [4.69, 9.17) is 9.47 Å². The molecule has 0 bridgehead atoms. The average Bonchev–Trinajstić information content (AvgIpc) is 2.87. The second-order valence-electron chi connectivity index (χ2n) is 5.62. The number of amides is 2. The largest absolute Gasteiger partial charge is 0.377 e. The van der Waals surface area contributed by atoms with E-state index in [2.05, 4.69) is 0 Å². The average molecular weight is 325 g/mol. The molecule has 0 fully saturated rings. The highest BCUT2D eigenvalue weighted by atomic mass is 16.5. The number of methoxy groups -OCH3 is 1. The number of hydrogen-bond acceptors (Lipinski definition) is 4. The van der Waals surface area contributed by atoms with E-state index >= 15 is 0 Å². The van der Waals surface area contributed by atoms with Crippen LogP contribution in [0.5, 0.6) is 0 Å². The van der Waals surface area contributed by atoms with Gasteiger partial charge in [0.05, 0.1) is 37.0 Å². The van der Waals surface area contributed by atoms with Crippen LogP contribution in [0.15, 0.2) is 54.6 Å². The van der Waals surface area contributed by atoms with Crippen LogP contribution in [0.4, 0.5) is 0 Å². The number of nitrogens with zero attached hydrogens (tertiary/aromatic N) is 1. The lowest BCUT2D eigenvalue weighted by Gasteiger charge is -2.21. The first-order valence-corrected chi connectivity index (χ1v) is 7.80. The van der Waals surface area contributed by atoms with E-state index in [9.17, 15) is 9.59 Å². The maximum Gasteiger partial charge on any atom is 0.261 e. The van der Waals surface area contributed by atoms with Crippen LogP contribution in [-0.2, 0) is 16.1 Å². The number of benzene rings is 2. The molecule has 1 aliphatic heterocycles. The zero-order valence-electron chi connectivity index (χ0n) is 13.5. The van der Waals surface area contributed by atoms with Crippen molar-refractivity contribution in [3.8, 4) is 0 Å². The molecule has 2 amide bonds. The Morgan fingerprint density at radius 2 is 1.50 bits per heavy atom. The predicted octanol–water partition coefficient (Wildman–Crippen LogP) is 2.51. The van der Waals surface area contributed by atoms with Gasteiger partial charge in [0.1, 0.15) is 0 Å². The van der Waals surface area contributed by atoms with E-state index in [1.807, 2.05) is 30.3 Å². The van der Waals surface area contributed by atoms with Crippen molar-refractivity contribution in [3.63, 3.8) is 0 Å². The Morgan fingerprint density at radius 1 is 0.917 bits per heavy atom. The second kappa shape index (κ2) is 7.38. The summed E-state index contributed by atoms with van der Waals surface area (Å²) in [6, 6.07) is 16.7. The Hall–Kier alpha value is -2.50. The molecule has 0 aliphatic carbocycles. The Balaban J connectivity index is 1.58. The van der Waals surface area contributed by atoms with Gasteiger partial charge in [-0.05, 0) is 17.7 Å². The van der Waals surface area contributed by atoms with Crippen LogP contribution in [0.1, 0.15) is 26.3 Å². The minimum Gasteiger partial charge on any atom is -0.377 e. The quantitative estimate of drug-likeness (QED) is 0.734. The molecule has 0 spiro atoms. The lowest BCUT2D eigenvalue weighted by molar-refractivity contribution is -0.0102. The molecule has 0 saturated carbocycles. The standard InChI is InChI=1S/C19H19NO4/c1-23-15(13-24-12-14-7-3-2-4-8-14)11-20-18(21)16-9-5-6-10-17(16)19(20)22/h2-10,15H,11-13H2,1H3. The third kappa shape index (κ3) is 3.37. The number of rotatable bonds is 7. The van der Waals surface area contributed by atoms with Gasteiger partial charge in [0, 0.05) is 7.11 Å². The molecule has 2 aromatic carbocycles. The fraction of sp³-hybridized carbons (Fsp3) is 0.263. The Morgan fingerprint density at radius 3 is 2.08 bits per heavy atom. The molecular weight excluding hydrogens is 306 g/mol. The van der Waals surface area contributed by atoms with Crippen molar-refractivity contribution in [3.05, 3.63) is 71.3 Å². The van der Waals surface area contributed by atoms with Crippen molar-refractivity contribution in [1.29, 1.82) is 0 Å². The molecule has 1 heterocycles. The maximum atomic E-state index is 12.4. The SMILES string of the molecule is COC(COCc1ccccc1)CN1C(=O)c2ccccc2C1=O. The van der Waals surface area contributed by atoms with Gasteiger partial charge < -0.3 is 9.47 Å². The summed E-state index contributed by atoms with van der Waals surface area (Å²) in [6.07, 6.45) is -0.365. The van der Waals surface area contributed by atoms with Crippen molar-refractivity contribution in [2.45, 2.75) is 12.7 Å². The van der Waals surface area contributed by atoms with Crippen LogP contribution >= 0.6 is 0 Å². The van der Waals surface area contributed by atoms with Crippen molar-refractivity contribution in [2.75, 3.05) is 20.3 Å². The maximum absolute atomic E-state index is 12.4. The summed E-state index contributed by atoms with van der Waals surface area (Å²) in [6.45, 7) is 0.944. The summed E-state index contributed by atoms with van der Waals surface area (Å²) in [5, 5.41) is 0. The third-order valence-electron chi connectivity index (χ3n) is 4.01. The number of carbonyl (C=O) groups excluding carboxylic acids is 2. The van der Waals surface area contributed by atoms with Crippen molar-refractivity contribution >= 4 is 11.8 Å². The van der Waals surface area contributed by atoms with Crippen molar-refractivity contribution in [2.24, 2.45) is 0 Å². The van der Waals surface area contributed by atoms with Gasteiger partial charge in [-0.15, -0.1) is 0 Å². The molecule has 5 nitrogen and oxygen atoms in total. The number of ether oxygens (including phenoxy) is 2. The van der Waals surface area contributed by atoms with Crippen LogP contribution in [0.2, 0.25) is 0 Å². The van der Waals surface area contributed by atoms with E-state index in [0.717, 1.165) is 5.56 Å². The molecule has 5 heteroatoms. The predicted molar refractivity (Wildman–Crippen MR) is 88.7 cm³/mol. The van der Waals surface area contributed by atoms with Gasteiger partial charge in [-0.25, -0.2) is 0 Å². The van der Waals surface area contributed by atoms with E-state index in [-0.39, 0.29) is 24.5 Å². The van der Waals surface area contributed by atoms with Crippen LogP contribution < -0.4 is 0 Å². The van der Waals surface area contributed by atoms with Crippen LogP contribution in [0, 0.1) is 0 Å². The van der Waals surface area contributed by atoms with Crippen LogP contribution in [-0.4, -0.2) is 43.1 Å². The zero-order valence-corrected chi connectivity index (χ0v) is 13.5. The summed E-state index contributed by atoms with van der Waals surface area (Å²) in [5.74, 6) is -0.554. The van der Waals surface area contributed by atoms with Gasteiger partial charge in [0.2, 0.25) is 0 Å². The molecule has 1 atom stereocenters. The Kier molecular flexibility index (Phi) is 5.03. The highest BCUT2D eigenvalue weighted by Crippen LogP contribution is 2.22. The Bertz CT molecular complexity index is 694. The molecule has 3 rings (SSSR count).